The van der Waals surface area contributed by atoms with Crippen LogP contribution in [0.25, 0.3) is 0 Å². The van der Waals surface area contributed by atoms with Crippen molar-refractivity contribution in [3.05, 3.63) is 0 Å². The average Bonchev–Trinajstić information content (AvgIpc) is 2.81. The lowest BCUT2D eigenvalue weighted by Crippen LogP contribution is -2.31. The van der Waals surface area contributed by atoms with Crippen LogP contribution in [-0.4, -0.2) is 31.1 Å². The topological polar surface area (TPSA) is 44.8 Å². The Kier molecular flexibility index (Phi) is 7.39. The Morgan fingerprint density at radius 3 is 2.47 bits per heavy atom. The molecule has 1 atom stereocenters. The summed E-state index contributed by atoms with van der Waals surface area (Å²) in [5, 5.41) is 0. The summed E-state index contributed by atoms with van der Waals surface area (Å²) in [6, 6.07) is 0. The van der Waals surface area contributed by atoms with E-state index in [1.54, 1.807) is 0 Å². The Morgan fingerprint density at radius 2 is 1.89 bits per heavy atom. The average molecular weight is 272 g/mol. The van der Waals surface area contributed by atoms with E-state index in [1.807, 2.05) is 6.92 Å². The number of ether oxygens (including phenoxy) is 3. The molecule has 1 heterocycles. The SMILES string of the molecule is CCCCCCC1(CCC(C)OC(C)=O)OCCO1. The van der Waals surface area contributed by atoms with Crippen LogP contribution in [0, 0.1) is 0 Å². The van der Waals surface area contributed by atoms with Crippen LogP contribution in [0.15, 0.2) is 0 Å². The van der Waals surface area contributed by atoms with Crippen molar-refractivity contribution < 1.29 is 19.0 Å². The van der Waals surface area contributed by atoms with E-state index in [1.165, 1.54) is 26.2 Å². The Bertz CT molecular complexity index is 259. The van der Waals surface area contributed by atoms with Crippen molar-refractivity contribution in [3.8, 4) is 0 Å². The second-order valence-electron chi connectivity index (χ2n) is 5.38. The minimum absolute atomic E-state index is 0.0715. The van der Waals surface area contributed by atoms with Crippen molar-refractivity contribution >= 4 is 5.97 Å². The van der Waals surface area contributed by atoms with Crippen molar-refractivity contribution in [3.63, 3.8) is 0 Å². The molecule has 4 heteroatoms. The highest BCUT2D eigenvalue weighted by Crippen LogP contribution is 2.31. The molecule has 0 aliphatic carbocycles. The van der Waals surface area contributed by atoms with Crippen LogP contribution < -0.4 is 0 Å². The molecule has 4 nitrogen and oxygen atoms in total. The number of unbranched alkanes of at least 4 members (excludes halogenated alkanes) is 3. The van der Waals surface area contributed by atoms with E-state index in [0.717, 1.165) is 25.7 Å². The second-order valence-corrected chi connectivity index (χ2v) is 5.38. The highest BCUT2D eigenvalue weighted by Gasteiger charge is 2.36. The minimum Gasteiger partial charge on any atom is -0.463 e. The first-order valence-electron chi connectivity index (χ1n) is 7.53. The molecule has 0 aromatic carbocycles. The maximum atomic E-state index is 10.9. The van der Waals surface area contributed by atoms with Gasteiger partial charge < -0.3 is 14.2 Å². The van der Waals surface area contributed by atoms with Crippen molar-refractivity contribution in [1.29, 1.82) is 0 Å². The fourth-order valence-corrected chi connectivity index (χ4v) is 2.50. The first-order valence-corrected chi connectivity index (χ1v) is 7.53. The van der Waals surface area contributed by atoms with Gasteiger partial charge in [-0.1, -0.05) is 26.2 Å². The molecule has 1 unspecified atom stereocenters. The van der Waals surface area contributed by atoms with Gasteiger partial charge in [0.05, 0.1) is 19.3 Å². The third kappa shape index (κ3) is 6.39. The molecule has 0 spiro atoms. The number of carbonyl (C=O) groups excluding carboxylic acids is 1. The van der Waals surface area contributed by atoms with E-state index < -0.39 is 5.79 Å². The van der Waals surface area contributed by atoms with Crippen LogP contribution in [0.1, 0.15) is 65.7 Å². The number of esters is 1. The summed E-state index contributed by atoms with van der Waals surface area (Å²) < 4.78 is 16.8. The van der Waals surface area contributed by atoms with Crippen LogP contribution >= 0.6 is 0 Å². The monoisotopic (exact) mass is 272 g/mol. The van der Waals surface area contributed by atoms with E-state index in [2.05, 4.69) is 6.92 Å². The van der Waals surface area contributed by atoms with E-state index in [0.29, 0.717) is 13.2 Å². The smallest absolute Gasteiger partial charge is 0.302 e. The highest BCUT2D eigenvalue weighted by atomic mass is 16.7. The van der Waals surface area contributed by atoms with Gasteiger partial charge in [-0.3, -0.25) is 4.79 Å². The summed E-state index contributed by atoms with van der Waals surface area (Å²) >= 11 is 0. The molecule has 1 fully saturated rings. The molecular weight excluding hydrogens is 244 g/mol. The van der Waals surface area contributed by atoms with Gasteiger partial charge in [0.15, 0.2) is 5.79 Å². The normalized spacial score (nSPS) is 19.3. The summed E-state index contributed by atoms with van der Waals surface area (Å²) in [6.45, 7) is 6.92. The Hall–Kier alpha value is -0.610. The number of hydrogen-bond acceptors (Lipinski definition) is 4. The maximum absolute atomic E-state index is 10.9. The zero-order chi connectivity index (χ0) is 14.1. The predicted octanol–water partition coefficient (Wildman–Crippen LogP) is 3.43. The van der Waals surface area contributed by atoms with Crippen LogP contribution in [0.4, 0.5) is 0 Å². The fourth-order valence-electron chi connectivity index (χ4n) is 2.50. The Balaban J connectivity index is 2.32. The first kappa shape index (κ1) is 16.4. The van der Waals surface area contributed by atoms with Crippen molar-refractivity contribution in [2.45, 2.75) is 77.6 Å². The fraction of sp³-hybridized carbons (Fsp3) is 0.933. The molecule has 0 radical (unpaired) electrons. The molecule has 0 saturated carbocycles. The summed E-state index contributed by atoms with van der Waals surface area (Å²) in [4.78, 5) is 10.9. The zero-order valence-corrected chi connectivity index (χ0v) is 12.6. The molecule has 1 saturated heterocycles. The standard InChI is InChI=1S/C15H28O4/c1-4-5-6-7-9-15(17-11-12-18-15)10-8-13(2)19-14(3)16/h13H,4-12H2,1-3H3. The van der Waals surface area contributed by atoms with Crippen molar-refractivity contribution in [2.24, 2.45) is 0 Å². The quantitative estimate of drug-likeness (QED) is 0.476. The molecule has 1 rings (SSSR count). The van der Waals surface area contributed by atoms with Crippen LogP contribution in [0.2, 0.25) is 0 Å². The van der Waals surface area contributed by atoms with Gasteiger partial charge in [0.25, 0.3) is 0 Å². The molecule has 1 aliphatic rings. The zero-order valence-electron chi connectivity index (χ0n) is 12.6. The van der Waals surface area contributed by atoms with Gasteiger partial charge in [0.1, 0.15) is 0 Å². The summed E-state index contributed by atoms with van der Waals surface area (Å²) in [7, 11) is 0. The summed E-state index contributed by atoms with van der Waals surface area (Å²) in [5.41, 5.74) is 0. The van der Waals surface area contributed by atoms with Gasteiger partial charge in [-0.15, -0.1) is 0 Å². The lowest BCUT2D eigenvalue weighted by molar-refractivity contribution is -0.174. The van der Waals surface area contributed by atoms with Gasteiger partial charge in [-0.05, 0) is 19.8 Å². The molecule has 0 amide bonds. The van der Waals surface area contributed by atoms with Gasteiger partial charge in [-0.2, -0.15) is 0 Å². The van der Waals surface area contributed by atoms with Gasteiger partial charge in [0, 0.05) is 19.8 Å². The number of rotatable bonds is 9. The summed E-state index contributed by atoms with van der Waals surface area (Å²) in [5.74, 6) is -0.653. The number of carbonyl (C=O) groups is 1. The molecule has 0 aromatic rings. The van der Waals surface area contributed by atoms with Crippen molar-refractivity contribution in [2.75, 3.05) is 13.2 Å². The van der Waals surface area contributed by atoms with Crippen LogP contribution in [-0.2, 0) is 19.0 Å². The largest absolute Gasteiger partial charge is 0.463 e. The molecule has 112 valence electrons. The third-order valence-electron chi connectivity index (χ3n) is 3.52. The van der Waals surface area contributed by atoms with Gasteiger partial charge in [-0.25, -0.2) is 0 Å². The number of hydrogen-bond donors (Lipinski definition) is 0. The molecular formula is C15H28O4. The second kappa shape index (κ2) is 8.54. The molecule has 0 bridgehead atoms. The van der Waals surface area contributed by atoms with Gasteiger partial charge >= 0.3 is 5.97 Å². The maximum Gasteiger partial charge on any atom is 0.302 e. The molecule has 0 N–H and O–H groups in total. The third-order valence-corrected chi connectivity index (χ3v) is 3.52. The van der Waals surface area contributed by atoms with E-state index in [-0.39, 0.29) is 12.1 Å². The Labute approximate surface area is 116 Å². The lowest BCUT2D eigenvalue weighted by atomic mass is 10.0. The summed E-state index contributed by atoms with van der Waals surface area (Å²) in [6.07, 6.45) is 7.32. The highest BCUT2D eigenvalue weighted by molar-refractivity contribution is 5.66. The first-order chi connectivity index (χ1) is 9.08. The van der Waals surface area contributed by atoms with E-state index in [4.69, 9.17) is 14.2 Å². The van der Waals surface area contributed by atoms with Gasteiger partial charge in [0.2, 0.25) is 0 Å². The van der Waals surface area contributed by atoms with Crippen molar-refractivity contribution in [1.82, 2.24) is 0 Å². The molecule has 1 aliphatic heterocycles. The van der Waals surface area contributed by atoms with E-state index in [9.17, 15) is 4.79 Å². The van der Waals surface area contributed by atoms with Crippen LogP contribution in [0.3, 0.4) is 0 Å². The molecule has 19 heavy (non-hydrogen) atoms. The molecule has 0 aromatic heterocycles. The Morgan fingerprint density at radius 1 is 1.21 bits per heavy atom. The van der Waals surface area contributed by atoms with E-state index >= 15 is 0 Å². The predicted molar refractivity (Wildman–Crippen MR) is 73.9 cm³/mol. The van der Waals surface area contributed by atoms with Crippen LogP contribution in [0.5, 0.6) is 0 Å². The minimum atomic E-state index is -0.428. The lowest BCUT2D eigenvalue weighted by Gasteiger charge is -2.28.